The molecule has 76 valence electrons. The van der Waals surface area contributed by atoms with Crippen LogP contribution in [0, 0.1) is 5.92 Å². The predicted octanol–water partition coefficient (Wildman–Crippen LogP) is 1.35. The van der Waals surface area contributed by atoms with Gasteiger partial charge in [0.25, 0.3) is 0 Å². The third kappa shape index (κ3) is 6.34. The maximum Gasteiger partial charge on any atom is 0.226 e. The van der Waals surface area contributed by atoms with E-state index in [4.69, 9.17) is 4.74 Å². The first-order chi connectivity index (χ1) is 6.22. The number of hydrogen-bond acceptors (Lipinski definition) is 2. The summed E-state index contributed by atoms with van der Waals surface area (Å²) in [6.07, 6.45) is 3.75. The molecule has 1 N–H and O–H groups in total. The maximum absolute atomic E-state index is 11.3. The third-order valence-corrected chi connectivity index (χ3v) is 1.64. The Kier molecular flexibility index (Phi) is 7.30. The molecule has 0 aromatic rings. The molecule has 0 heterocycles. The lowest BCUT2D eigenvalue weighted by Gasteiger charge is -2.07. The maximum atomic E-state index is 11.3. The first-order valence-electron chi connectivity index (χ1n) is 4.70. The molecule has 1 atom stereocenters. The highest BCUT2D eigenvalue weighted by Gasteiger charge is 2.06. The van der Waals surface area contributed by atoms with Gasteiger partial charge in [-0.25, -0.2) is 0 Å². The van der Waals surface area contributed by atoms with Gasteiger partial charge < -0.3 is 10.1 Å². The van der Waals surface area contributed by atoms with E-state index in [9.17, 15) is 4.79 Å². The molecule has 1 unspecified atom stereocenters. The fourth-order valence-electron chi connectivity index (χ4n) is 0.928. The molecule has 0 aliphatic rings. The second-order valence-electron chi connectivity index (χ2n) is 2.80. The molecule has 0 aromatic heterocycles. The quantitative estimate of drug-likeness (QED) is 0.501. The van der Waals surface area contributed by atoms with Gasteiger partial charge in [-0.3, -0.25) is 4.79 Å². The van der Waals surface area contributed by atoms with Crippen molar-refractivity contribution in [2.45, 2.75) is 20.8 Å². The summed E-state index contributed by atoms with van der Waals surface area (Å²) in [5, 5.41) is 2.79. The van der Waals surface area contributed by atoms with Crippen molar-refractivity contribution in [3.63, 3.8) is 0 Å². The second-order valence-corrected chi connectivity index (χ2v) is 2.80. The molecule has 0 fully saturated rings. The van der Waals surface area contributed by atoms with Crippen LogP contribution in [0.2, 0.25) is 0 Å². The zero-order chi connectivity index (χ0) is 10.1. The average Bonchev–Trinajstić information content (AvgIpc) is 2.12. The van der Waals surface area contributed by atoms with E-state index >= 15 is 0 Å². The van der Waals surface area contributed by atoms with Gasteiger partial charge in [0.2, 0.25) is 5.91 Å². The molecule has 1 amide bonds. The van der Waals surface area contributed by atoms with Gasteiger partial charge in [0, 0.05) is 13.2 Å². The molecule has 0 saturated carbocycles. The van der Waals surface area contributed by atoms with Crippen LogP contribution in [0.3, 0.4) is 0 Å². The van der Waals surface area contributed by atoms with Crippen molar-refractivity contribution in [3.8, 4) is 0 Å². The molecule has 0 aliphatic carbocycles. The Bertz CT molecular complexity index is 166. The number of rotatable bonds is 6. The van der Waals surface area contributed by atoms with Gasteiger partial charge >= 0.3 is 0 Å². The fourth-order valence-corrected chi connectivity index (χ4v) is 0.928. The fraction of sp³-hybridized carbons (Fsp3) is 0.700. The van der Waals surface area contributed by atoms with E-state index in [1.807, 2.05) is 32.9 Å². The highest BCUT2D eigenvalue weighted by molar-refractivity contribution is 5.79. The van der Waals surface area contributed by atoms with Crippen molar-refractivity contribution >= 4 is 5.91 Å². The number of hydrogen-bond donors (Lipinski definition) is 1. The Morgan fingerprint density at radius 3 is 2.85 bits per heavy atom. The molecule has 0 radical (unpaired) electrons. The van der Waals surface area contributed by atoms with Crippen LogP contribution in [0.15, 0.2) is 12.2 Å². The van der Waals surface area contributed by atoms with E-state index in [1.165, 1.54) is 0 Å². The van der Waals surface area contributed by atoms with Gasteiger partial charge in [-0.15, -0.1) is 0 Å². The van der Waals surface area contributed by atoms with Gasteiger partial charge in [0.05, 0.1) is 12.5 Å². The van der Waals surface area contributed by atoms with Crippen LogP contribution in [0.5, 0.6) is 0 Å². The van der Waals surface area contributed by atoms with Crippen molar-refractivity contribution in [2.24, 2.45) is 5.92 Å². The molecule has 0 saturated heterocycles. The number of ether oxygens (including phenoxy) is 1. The standard InChI is InChI=1S/C10H19NO2/c1-4-6-9(3)10(12)11-7-8-13-5-2/h4,6,9H,5,7-8H2,1-3H3,(H,11,12)/b6-4-. The van der Waals surface area contributed by atoms with Gasteiger partial charge in [-0.05, 0) is 13.8 Å². The SMILES string of the molecule is C/C=C\C(C)C(=O)NCCOCC. The number of allylic oxidation sites excluding steroid dienone is 1. The number of nitrogens with one attached hydrogen (secondary N) is 1. The first-order valence-corrected chi connectivity index (χ1v) is 4.70. The van der Waals surface area contributed by atoms with Crippen LogP contribution in [-0.2, 0) is 9.53 Å². The summed E-state index contributed by atoms with van der Waals surface area (Å²) < 4.78 is 5.09. The topological polar surface area (TPSA) is 38.3 Å². The molecule has 3 heteroatoms. The van der Waals surface area contributed by atoms with E-state index in [0.717, 1.165) is 0 Å². The minimum absolute atomic E-state index is 0.0494. The summed E-state index contributed by atoms with van der Waals surface area (Å²) in [5.74, 6) is 0.00410. The normalized spacial score (nSPS) is 13.2. The lowest BCUT2D eigenvalue weighted by atomic mass is 10.1. The van der Waals surface area contributed by atoms with Crippen LogP contribution < -0.4 is 5.32 Å². The molecule has 3 nitrogen and oxygen atoms in total. The van der Waals surface area contributed by atoms with E-state index in [-0.39, 0.29) is 11.8 Å². The highest BCUT2D eigenvalue weighted by atomic mass is 16.5. The van der Waals surface area contributed by atoms with Crippen molar-refractivity contribution < 1.29 is 9.53 Å². The molecular formula is C10H19NO2. The number of carbonyl (C=O) groups excluding carboxylic acids is 1. The van der Waals surface area contributed by atoms with Crippen LogP contribution in [0.1, 0.15) is 20.8 Å². The smallest absolute Gasteiger partial charge is 0.226 e. The van der Waals surface area contributed by atoms with Gasteiger partial charge in [0.1, 0.15) is 0 Å². The molecule has 0 rings (SSSR count). The first kappa shape index (κ1) is 12.2. The number of carbonyl (C=O) groups is 1. The van der Waals surface area contributed by atoms with Crippen molar-refractivity contribution in [1.29, 1.82) is 0 Å². The molecule has 0 aliphatic heterocycles. The zero-order valence-electron chi connectivity index (χ0n) is 8.67. The summed E-state index contributed by atoms with van der Waals surface area (Å²) in [4.78, 5) is 11.3. The van der Waals surface area contributed by atoms with Crippen molar-refractivity contribution in [3.05, 3.63) is 12.2 Å². The second kappa shape index (κ2) is 7.80. The van der Waals surface area contributed by atoms with E-state index in [1.54, 1.807) is 0 Å². The van der Waals surface area contributed by atoms with E-state index < -0.39 is 0 Å². The van der Waals surface area contributed by atoms with E-state index in [2.05, 4.69) is 5.32 Å². The Morgan fingerprint density at radius 2 is 2.31 bits per heavy atom. The van der Waals surface area contributed by atoms with Crippen LogP contribution >= 0.6 is 0 Å². The monoisotopic (exact) mass is 185 g/mol. The highest BCUT2D eigenvalue weighted by Crippen LogP contribution is 1.95. The summed E-state index contributed by atoms with van der Waals surface area (Å²) in [6, 6.07) is 0. The largest absolute Gasteiger partial charge is 0.380 e. The lowest BCUT2D eigenvalue weighted by Crippen LogP contribution is -2.31. The molecular weight excluding hydrogens is 166 g/mol. The Balaban J connectivity index is 3.50. The average molecular weight is 185 g/mol. The van der Waals surface area contributed by atoms with Crippen molar-refractivity contribution in [2.75, 3.05) is 19.8 Å². The van der Waals surface area contributed by atoms with E-state index in [0.29, 0.717) is 19.8 Å². The summed E-state index contributed by atoms with van der Waals surface area (Å²) in [7, 11) is 0. The molecule has 13 heavy (non-hydrogen) atoms. The van der Waals surface area contributed by atoms with Gasteiger partial charge in [-0.1, -0.05) is 19.1 Å². The Hall–Kier alpha value is -0.830. The Morgan fingerprint density at radius 1 is 1.62 bits per heavy atom. The zero-order valence-corrected chi connectivity index (χ0v) is 8.67. The molecule has 0 bridgehead atoms. The van der Waals surface area contributed by atoms with Crippen LogP contribution in [-0.4, -0.2) is 25.7 Å². The third-order valence-electron chi connectivity index (χ3n) is 1.64. The number of amides is 1. The molecule has 0 spiro atoms. The van der Waals surface area contributed by atoms with Gasteiger partial charge in [-0.2, -0.15) is 0 Å². The minimum atomic E-state index is -0.0494. The van der Waals surface area contributed by atoms with Crippen LogP contribution in [0.25, 0.3) is 0 Å². The van der Waals surface area contributed by atoms with Crippen molar-refractivity contribution in [1.82, 2.24) is 5.32 Å². The molecule has 0 aromatic carbocycles. The summed E-state index contributed by atoms with van der Waals surface area (Å²) in [6.45, 7) is 7.59. The van der Waals surface area contributed by atoms with Crippen LogP contribution in [0.4, 0.5) is 0 Å². The predicted molar refractivity (Wildman–Crippen MR) is 53.5 cm³/mol. The Labute approximate surface area is 80.2 Å². The minimum Gasteiger partial charge on any atom is -0.380 e. The summed E-state index contributed by atoms with van der Waals surface area (Å²) in [5.41, 5.74) is 0. The lowest BCUT2D eigenvalue weighted by molar-refractivity contribution is -0.123. The summed E-state index contributed by atoms with van der Waals surface area (Å²) >= 11 is 0. The van der Waals surface area contributed by atoms with Gasteiger partial charge in [0.15, 0.2) is 0 Å².